The summed E-state index contributed by atoms with van der Waals surface area (Å²) in [5, 5.41) is 3.44. The zero-order valence-electron chi connectivity index (χ0n) is 11.2. The first-order valence-corrected chi connectivity index (χ1v) is 6.71. The fourth-order valence-corrected chi connectivity index (χ4v) is 2.24. The lowest BCUT2D eigenvalue weighted by Crippen LogP contribution is -2.44. The minimum absolute atomic E-state index is 0.641. The van der Waals surface area contributed by atoms with E-state index in [9.17, 15) is 0 Å². The third-order valence-corrected chi connectivity index (χ3v) is 3.67. The van der Waals surface area contributed by atoms with Gasteiger partial charge in [-0.1, -0.05) is 13.3 Å². The van der Waals surface area contributed by atoms with Crippen LogP contribution < -0.4 is 5.32 Å². The van der Waals surface area contributed by atoms with Crippen LogP contribution in [0.2, 0.25) is 0 Å². The van der Waals surface area contributed by atoms with E-state index in [2.05, 4.69) is 24.1 Å². The smallest absolute Gasteiger partial charge is 0.0587 e. The van der Waals surface area contributed by atoms with Crippen molar-refractivity contribution in [1.82, 2.24) is 10.2 Å². The number of ether oxygens (including phenoxy) is 1. The Kier molecular flexibility index (Phi) is 7.01. The molecule has 1 atom stereocenters. The molecule has 1 aliphatic carbocycles. The largest absolute Gasteiger partial charge is 0.383 e. The third-order valence-electron chi connectivity index (χ3n) is 3.67. The van der Waals surface area contributed by atoms with Crippen LogP contribution in [0.1, 0.15) is 33.1 Å². The Bertz CT molecular complexity index is 171. The number of likely N-dealkylation sites (N-methyl/N-ethyl adjacent to an activating group) is 1. The van der Waals surface area contributed by atoms with E-state index in [0.717, 1.165) is 25.6 Å². The van der Waals surface area contributed by atoms with Gasteiger partial charge in [0.05, 0.1) is 6.61 Å². The van der Waals surface area contributed by atoms with Crippen LogP contribution in [0.25, 0.3) is 0 Å². The molecule has 0 spiro atoms. The van der Waals surface area contributed by atoms with Crippen molar-refractivity contribution in [1.29, 1.82) is 0 Å². The van der Waals surface area contributed by atoms with E-state index in [4.69, 9.17) is 4.74 Å². The van der Waals surface area contributed by atoms with Gasteiger partial charge in [-0.3, -0.25) is 4.90 Å². The lowest BCUT2D eigenvalue weighted by molar-refractivity contribution is 0.141. The zero-order valence-corrected chi connectivity index (χ0v) is 11.2. The van der Waals surface area contributed by atoms with Crippen molar-refractivity contribution in [2.24, 2.45) is 5.92 Å². The van der Waals surface area contributed by atoms with E-state index in [1.165, 1.54) is 32.4 Å². The molecule has 1 rings (SSSR count). The van der Waals surface area contributed by atoms with E-state index in [1.54, 1.807) is 7.11 Å². The molecule has 16 heavy (non-hydrogen) atoms. The van der Waals surface area contributed by atoms with Gasteiger partial charge >= 0.3 is 0 Å². The summed E-state index contributed by atoms with van der Waals surface area (Å²) in [6.45, 7) is 9.90. The van der Waals surface area contributed by atoms with Gasteiger partial charge in [-0.2, -0.15) is 0 Å². The average Bonchev–Trinajstić information content (AvgIpc) is 2.23. The van der Waals surface area contributed by atoms with Crippen LogP contribution in [-0.2, 0) is 4.74 Å². The molecule has 3 heteroatoms. The molecule has 3 nitrogen and oxygen atoms in total. The summed E-state index contributed by atoms with van der Waals surface area (Å²) < 4.78 is 5.03. The molecular formula is C13H28N2O. The third kappa shape index (κ3) is 4.81. The molecule has 0 amide bonds. The Balaban J connectivity index is 2.12. The molecular weight excluding hydrogens is 200 g/mol. The maximum absolute atomic E-state index is 5.03. The molecule has 96 valence electrons. The van der Waals surface area contributed by atoms with E-state index >= 15 is 0 Å². The lowest BCUT2D eigenvalue weighted by atomic mass is 9.85. The van der Waals surface area contributed by atoms with Crippen molar-refractivity contribution in [2.45, 2.75) is 39.2 Å². The summed E-state index contributed by atoms with van der Waals surface area (Å²) >= 11 is 0. The first-order chi connectivity index (χ1) is 7.77. The second-order valence-electron chi connectivity index (χ2n) is 4.93. The molecule has 0 aliphatic heterocycles. The normalized spacial score (nSPS) is 18.8. The van der Waals surface area contributed by atoms with Gasteiger partial charge in [0.2, 0.25) is 0 Å². The summed E-state index contributed by atoms with van der Waals surface area (Å²) in [6.07, 6.45) is 4.34. The predicted molar refractivity (Wildman–Crippen MR) is 68.8 cm³/mol. The van der Waals surface area contributed by atoms with Crippen molar-refractivity contribution in [3.8, 4) is 0 Å². The first-order valence-electron chi connectivity index (χ1n) is 6.71. The fraction of sp³-hybridized carbons (Fsp3) is 1.00. The lowest BCUT2D eigenvalue weighted by Gasteiger charge is -2.35. The van der Waals surface area contributed by atoms with E-state index < -0.39 is 0 Å². The molecule has 0 bridgehead atoms. The molecule has 0 heterocycles. The molecule has 1 N–H and O–H groups in total. The van der Waals surface area contributed by atoms with E-state index in [0.29, 0.717) is 6.04 Å². The highest BCUT2D eigenvalue weighted by atomic mass is 16.5. The Morgan fingerprint density at radius 3 is 2.69 bits per heavy atom. The molecule has 0 aromatic carbocycles. The molecule has 0 radical (unpaired) electrons. The van der Waals surface area contributed by atoms with Gasteiger partial charge in [0.15, 0.2) is 0 Å². The minimum Gasteiger partial charge on any atom is -0.383 e. The highest BCUT2D eigenvalue weighted by molar-refractivity contribution is 4.77. The number of nitrogens with zero attached hydrogens (tertiary/aromatic N) is 1. The van der Waals surface area contributed by atoms with Gasteiger partial charge < -0.3 is 10.1 Å². The highest BCUT2D eigenvalue weighted by Gasteiger charge is 2.22. The zero-order chi connectivity index (χ0) is 11.8. The van der Waals surface area contributed by atoms with Crippen LogP contribution >= 0.6 is 0 Å². The van der Waals surface area contributed by atoms with Crippen molar-refractivity contribution in [3.05, 3.63) is 0 Å². The maximum atomic E-state index is 5.03. The standard InChI is InChI=1S/C13H28N2O/c1-4-15(11-13-6-5-7-13)12(2)10-14-8-9-16-3/h12-14H,4-11H2,1-3H3. The van der Waals surface area contributed by atoms with Crippen molar-refractivity contribution in [2.75, 3.05) is 39.9 Å². The quantitative estimate of drug-likeness (QED) is 0.608. The minimum atomic E-state index is 0.641. The average molecular weight is 228 g/mol. The molecule has 0 aromatic rings. The van der Waals surface area contributed by atoms with Crippen LogP contribution in [-0.4, -0.2) is 50.8 Å². The Hall–Kier alpha value is -0.120. The topological polar surface area (TPSA) is 24.5 Å². The Morgan fingerprint density at radius 1 is 1.44 bits per heavy atom. The monoisotopic (exact) mass is 228 g/mol. The van der Waals surface area contributed by atoms with Crippen LogP contribution in [0.15, 0.2) is 0 Å². The molecule has 0 aromatic heterocycles. The van der Waals surface area contributed by atoms with Gasteiger partial charge in [0.25, 0.3) is 0 Å². The number of nitrogens with one attached hydrogen (secondary N) is 1. The van der Waals surface area contributed by atoms with Crippen molar-refractivity contribution < 1.29 is 4.74 Å². The van der Waals surface area contributed by atoms with E-state index in [-0.39, 0.29) is 0 Å². The second kappa shape index (κ2) is 8.04. The van der Waals surface area contributed by atoms with Crippen LogP contribution in [0.5, 0.6) is 0 Å². The number of hydrogen-bond donors (Lipinski definition) is 1. The maximum Gasteiger partial charge on any atom is 0.0587 e. The molecule has 1 aliphatic rings. The Morgan fingerprint density at radius 2 is 2.19 bits per heavy atom. The van der Waals surface area contributed by atoms with Crippen LogP contribution in [0, 0.1) is 5.92 Å². The first kappa shape index (κ1) is 13.9. The van der Waals surface area contributed by atoms with Gasteiger partial charge in [-0.05, 0) is 32.2 Å². The van der Waals surface area contributed by atoms with Gasteiger partial charge in [0, 0.05) is 32.8 Å². The van der Waals surface area contributed by atoms with Crippen LogP contribution in [0.4, 0.5) is 0 Å². The molecule has 1 fully saturated rings. The number of methoxy groups -OCH3 is 1. The van der Waals surface area contributed by atoms with Gasteiger partial charge in [0.1, 0.15) is 0 Å². The van der Waals surface area contributed by atoms with Gasteiger partial charge in [-0.15, -0.1) is 0 Å². The summed E-state index contributed by atoms with van der Waals surface area (Å²) in [5.74, 6) is 0.973. The molecule has 1 unspecified atom stereocenters. The second-order valence-corrected chi connectivity index (χ2v) is 4.93. The van der Waals surface area contributed by atoms with Crippen LogP contribution in [0.3, 0.4) is 0 Å². The SMILES string of the molecule is CCN(CC1CCC1)C(C)CNCCOC. The molecule has 0 saturated heterocycles. The summed E-state index contributed by atoms with van der Waals surface area (Å²) in [6, 6.07) is 0.641. The number of rotatable bonds is 9. The summed E-state index contributed by atoms with van der Waals surface area (Å²) in [7, 11) is 1.75. The number of hydrogen-bond acceptors (Lipinski definition) is 3. The van der Waals surface area contributed by atoms with Gasteiger partial charge in [-0.25, -0.2) is 0 Å². The fourth-order valence-electron chi connectivity index (χ4n) is 2.24. The van der Waals surface area contributed by atoms with Crippen molar-refractivity contribution in [3.63, 3.8) is 0 Å². The summed E-state index contributed by atoms with van der Waals surface area (Å²) in [4.78, 5) is 2.60. The predicted octanol–water partition coefficient (Wildman–Crippen LogP) is 1.73. The summed E-state index contributed by atoms with van der Waals surface area (Å²) in [5.41, 5.74) is 0. The molecule has 1 saturated carbocycles. The van der Waals surface area contributed by atoms with Crippen molar-refractivity contribution >= 4 is 0 Å². The van der Waals surface area contributed by atoms with E-state index in [1.807, 2.05) is 0 Å². The Labute approximate surface area is 101 Å². The highest BCUT2D eigenvalue weighted by Crippen LogP contribution is 2.27.